The molecule has 0 radical (unpaired) electrons. The van der Waals surface area contributed by atoms with Crippen molar-refractivity contribution in [2.75, 3.05) is 6.54 Å². The molecule has 0 spiro atoms. The molecular formula is C15H23F2N. The third-order valence-corrected chi connectivity index (χ3v) is 3.22. The van der Waals surface area contributed by atoms with Crippen LogP contribution in [-0.2, 0) is 0 Å². The first-order valence-electron chi connectivity index (χ1n) is 6.78. The summed E-state index contributed by atoms with van der Waals surface area (Å²) in [6, 6.07) is 3.82. The number of hydrogen-bond acceptors (Lipinski definition) is 1. The van der Waals surface area contributed by atoms with E-state index in [-0.39, 0.29) is 6.04 Å². The van der Waals surface area contributed by atoms with Crippen LogP contribution in [0.5, 0.6) is 0 Å². The first kappa shape index (κ1) is 15.1. The van der Waals surface area contributed by atoms with Gasteiger partial charge in [0.05, 0.1) is 0 Å². The topological polar surface area (TPSA) is 12.0 Å². The molecule has 2 atom stereocenters. The predicted octanol–water partition coefficient (Wildman–Crippen LogP) is 4.44. The summed E-state index contributed by atoms with van der Waals surface area (Å²) in [5.74, 6) is -0.637. The van der Waals surface area contributed by atoms with E-state index in [9.17, 15) is 8.78 Å². The Morgan fingerprint density at radius 3 is 2.44 bits per heavy atom. The van der Waals surface area contributed by atoms with Gasteiger partial charge in [0, 0.05) is 17.7 Å². The van der Waals surface area contributed by atoms with E-state index in [2.05, 4.69) is 26.1 Å². The highest BCUT2D eigenvalue weighted by atomic mass is 19.1. The molecule has 0 heterocycles. The molecule has 1 rings (SSSR count). The van der Waals surface area contributed by atoms with Crippen molar-refractivity contribution >= 4 is 0 Å². The number of nitrogens with one attached hydrogen (secondary N) is 1. The maximum Gasteiger partial charge on any atom is 0.130 e. The van der Waals surface area contributed by atoms with Crippen LogP contribution in [0.2, 0.25) is 0 Å². The van der Waals surface area contributed by atoms with E-state index >= 15 is 0 Å². The van der Waals surface area contributed by atoms with Crippen molar-refractivity contribution in [1.29, 1.82) is 0 Å². The molecule has 102 valence electrons. The number of rotatable bonds is 7. The van der Waals surface area contributed by atoms with E-state index in [1.165, 1.54) is 6.07 Å². The second-order valence-electron chi connectivity index (χ2n) is 4.86. The molecule has 1 nitrogen and oxygen atoms in total. The van der Waals surface area contributed by atoms with Crippen LogP contribution in [0.1, 0.15) is 51.6 Å². The molecule has 1 aromatic rings. The Balaban J connectivity index is 2.93. The summed E-state index contributed by atoms with van der Waals surface area (Å²) in [5, 5.41) is 3.37. The van der Waals surface area contributed by atoms with Crippen LogP contribution < -0.4 is 5.32 Å². The Labute approximate surface area is 109 Å². The summed E-state index contributed by atoms with van der Waals surface area (Å²) in [4.78, 5) is 0. The Kier molecular flexibility index (Phi) is 6.27. The van der Waals surface area contributed by atoms with Gasteiger partial charge in [0.15, 0.2) is 0 Å². The molecule has 0 aromatic heterocycles. The zero-order chi connectivity index (χ0) is 13.5. The zero-order valence-corrected chi connectivity index (χ0v) is 11.5. The fraction of sp³-hybridized carbons (Fsp3) is 0.600. The lowest BCUT2D eigenvalue weighted by Gasteiger charge is -2.26. The fourth-order valence-electron chi connectivity index (χ4n) is 2.29. The summed E-state index contributed by atoms with van der Waals surface area (Å²) >= 11 is 0. The molecule has 0 aliphatic rings. The van der Waals surface area contributed by atoms with Gasteiger partial charge in [-0.05, 0) is 31.4 Å². The van der Waals surface area contributed by atoms with Crippen molar-refractivity contribution in [3.8, 4) is 0 Å². The Morgan fingerprint density at radius 1 is 1.17 bits per heavy atom. The summed E-state index contributed by atoms with van der Waals surface area (Å²) in [7, 11) is 0. The molecule has 0 aliphatic heterocycles. The molecule has 0 aliphatic carbocycles. The number of halogens is 2. The monoisotopic (exact) mass is 255 g/mol. The minimum Gasteiger partial charge on any atom is -0.310 e. The van der Waals surface area contributed by atoms with Crippen molar-refractivity contribution < 1.29 is 8.78 Å². The van der Waals surface area contributed by atoms with Crippen molar-refractivity contribution in [1.82, 2.24) is 5.32 Å². The largest absolute Gasteiger partial charge is 0.310 e. The Morgan fingerprint density at radius 2 is 1.89 bits per heavy atom. The van der Waals surface area contributed by atoms with E-state index < -0.39 is 11.6 Å². The Bertz CT molecular complexity index is 366. The van der Waals surface area contributed by atoms with Gasteiger partial charge in [0.2, 0.25) is 0 Å². The fourth-order valence-corrected chi connectivity index (χ4v) is 2.29. The van der Waals surface area contributed by atoms with Crippen LogP contribution >= 0.6 is 0 Å². The molecule has 1 N–H and O–H groups in total. The standard InChI is InChI=1S/C15H23F2N/c1-4-6-11(3)15(18-9-5-2)13-8-7-12(16)10-14(13)17/h7-8,10-11,15,18H,4-6,9H2,1-3H3. The van der Waals surface area contributed by atoms with Crippen LogP contribution in [0.15, 0.2) is 18.2 Å². The van der Waals surface area contributed by atoms with Gasteiger partial charge in [-0.25, -0.2) is 8.78 Å². The van der Waals surface area contributed by atoms with Crippen LogP contribution in [0.3, 0.4) is 0 Å². The molecule has 0 saturated heterocycles. The lowest BCUT2D eigenvalue weighted by molar-refractivity contribution is 0.352. The van der Waals surface area contributed by atoms with Gasteiger partial charge >= 0.3 is 0 Å². The second kappa shape index (κ2) is 7.47. The van der Waals surface area contributed by atoms with Crippen molar-refractivity contribution in [2.45, 2.75) is 46.1 Å². The van der Waals surface area contributed by atoms with Gasteiger partial charge in [0.25, 0.3) is 0 Å². The van der Waals surface area contributed by atoms with Gasteiger partial charge in [0.1, 0.15) is 11.6 Å². The molecule has 3 heteroatoms. The lowest BCUT2D eigenvalue weighted by Crippen LogP contribution is -2.28. The van der Waals surface area contributed by atoms with Crippen LogP contribution in [0.4, 0.5) is 8.78 Å². The van der Waals surface area contributed by atoms with Crippen molar-refractivity contribution in [3.63, 3.8) is 0 Å². The summed E-state index contributed by atoms with van der Waals surface area (Å²) in [6.07, 6.45) is 3.09. The van der Waals surface area contributed by atoms with Crippen LogP contribution in [0.25, 0.3) is 0 Å². The minimum atomic E-state index is -0.520. The van der Waals surface area contributed by atoms with Gasteiger partial charge in [-0.15, -0.1) is 0 Å². The highest BCUT2D eigenvalue weighted by molar-refractivity contribution is 5.22. The van der Waals surface area contributed by atoms with Crippen molar-refractivity contribution in [3.05, 3.63) is 35.4 Å². The highest BCUT2D eigenvalue weighted by Crippen LogP contribution is 2.27. The molecule has 2 unspecified atom stereocenters. The summed E-state index contributed by atoms with van der Waals surface area (Å²) < 4.78 is 26.8. The normalized spacial score (nSPS) is 14.5. The number of benzene rings is 1. The molecule has 0 amide bonds. The van der Waals surface area contributed by atoms with Crippen LogP contribution in [-0.4, -0.2) is 6.54 Å². The van der Waals surface area contributed by atoms with E-state index in [0.29, 0.717) is 11.5 Å². The van der Waals surface area contributed by atoms with Gasteiger partial charge in [-0.1, -0.05) is 33.3 Å². The van der Waals surface area contributed by atoms with E-state index in [1.807, 2.05) is 0 Å². The molecular weight excluding hydrogens is 232 g/mol. The molecule has 0 fully saturated rings. The SMILES string of the molecule is CCCNC(c1ccc(F)cc1F)C(C)CCC. The molecule has 0 bridgehead atoms. The quantitative estimate of drug-likeness (QED) is 0.759. The minimum absolute atomic E-state index is 0.0366. The van der Waals surface area contributed by atoms with Gasteiger partial charge in [-0.2, -0.15) is 0 Å². The first-order valence-corrected chi connectivity index (χ1v) is 6.78. The maximum atomic E-state index is 13.8. The van der Waals surface area contributed by atoms with E-state index in [0.717, 1.165) is 31.9 Å². The van der Waals surface area contributed by atoms with Gasteiger partial charge < -0.3 is 5.32 Å². The van der Waals surface area contributed by atoms with Crippen LogP contribution in [0, 0.1) is 17.6 Å². The zero-order valence-electron chi connectivity index (χ0n) is 11.5. The second-order valence-corrected chi connectivity index (χ2v) is 4.86. The first-order chi connectivity index (χ1) is 8.60. The number of hydrogen-bond donors (Lipinski definition) is 1. The molecule has 0 saturated carbocycles. The van der Waals surface area contributed by atoms with E-state index in [4.69, 9.17) is 0 Å². The third-order valence-electron chi connectivity index (χ3n) is 3.22. The average molecular weight is 255 g/mol. The third kappa shape index (κ3) is 4.05. The maximum absolute atomic E-state index is 13.8. The summed E-state index contributed by atoms with van der Waals surface area (Å²) in [6.45, 7) is 7.15. The average Bonchev–Trinajstić information content (AvgIpc) is 2.32. The smallest absolute Gasteiger partial charge is 0.130 e. The predicted molar refractivity (Wildman–Crippen MR) is 71.5 cm³/mol. The van der Waals surface area contributed by atoms with E-state index in [1.54, 1.807) is 6.07 Å². The lowest BCUT2D eigenvalue weighted by atomic mass is 9.90. The highest BCUT2D eigenvalue weighted by Gasteiger charge is 2.21. The Hall–Kier alpha value is -0.960. The molecule has 18 heavy (non-hydrogen) atoms. The van der Waals surface area contributed by atoms with Crippen molar-refractivity contribution in [2.24, 2.45) is 5.92 Å². The van der Waals surface area contributed by atoms with Gasteiger partial charge in [-0.3, -0.25) is 0 Å². The molecule has 1 aromatic carbocycles. The summed E-state index contributed by atoms with van der Waals surface area (Å²) in [5.41, 5.74) is 0.575.